The molecule has 142 valence electrons. The molecular weight excluding hydrogens is 369 g/mol. The van der Waals surface area contributed by atoms with Gasteiger partial charge in [0.1, 0.15) is 17.5 Å². The molecule has 0 unspecified atom stereocenters. The number of carbonyl (C=O) groups excluding carboxylic acids is 1. The molecule has 0 atom stereocenters. The molecule has 3 aromatic rings. The van der Waals surface area contributed by atoms with Crippen LogP contribution in [0.2, 0.25) is 0 Å². The summed E-state index contributed by atoms with van der Waals surface area (Å²) in [6.45, 7) is 0.622. The molecule has 0 spiro atoms. The number of anilines is 1. The van der Waals surface area contributed by atoms with Gasteiger partial charge in [0.05, 0.1) is 17.9 Å². The highest BCUT2D eigenvalue weighted by atomic mass is 19.1. The van der Waals surface area contributed by atoms with Crippen molar-refractivity contribution >= 4 is 11.7 Å². The molecular formula is C20H15F3N4O. The number of hydrogen-bond acceptors (Lipinski definition) is 3. The number of amides is 2. The van der Waals surface area contributed by atoms with Crippen molar-refractivity contribution in [2.75, 3.05) is 11.9 Å². The van der Waals surface area contributed by atoms with Crippen LogP contribution in [0.25, 0.3) is 11.4 Å². The highest BCUT2D eigenvalue weighted by molar-refractivity contribution is 5.89. The topological polar surface area (TPSA) is 58.1 Å². The number of fused-ring (bicyclic) bond motifs is 1. The van der Waals surface area contributed by atoms with Crippen molar-refractivity contribution in [2.24, 2.45) is 0 Å². The molecule has 0 fully saturated rings. The normalized spacial score (nSPS) is 13.2. The smallest absolute Gasteiger partial charge is 0.320 e. The lowest BCUT2D eigenvalue weighted by Crippen LogP contribution is -2.39. The third kappa shape index (κ3) is 3.66. The van der Waals surface area contributed by atoms with E-state index in [9.17, 15) is 18.0 Å². The molecule has 0 saturated carbocycles. The first-order valence-electron chi connectivity index (χ1n) is 8.61. The number of carbonyl (C=O) groups is 1. The molecule has 1 aromatic heterocycles. The van der Waals surface area contributed by atoms with Crippen molar-refractivity contribution in [1.82, 2.24) is 14.9 Å². The lowest BCUT2D eigenvalue weighted by atomic mass is 10.1. The molecule has 0 saturated heterocycles. The van der Waals surface area contributed by atoms with Crippen molar-refractivity contribution in [3.05, 3.63) is 77.4 Å². The van der Waals surface area contributed by atoms with E-state index in [1.165, 1.54) is 17.0 Å². The van der Waals surface area contributed by atoms with E-state index in [4.69, 9.17) is 0 Å². The first-order chi connectivity index (χ1) is 13.5. The fourth-order valence-corrected chi connectivity index (χ4v) is 3.02. The summed E-state index contributed by atoms with van der Waals surface area (Å²) in [7, 11) is 0. The Balaban J connectivity index is 1.49. The highest BCUT2D eigenvalue weighted by Gasteiger charge is 2.23. The Labute approximate surface area is 158 Å². The summed E-state index contributed by atoms with van der Waals surface area (Å²) in [5.41, 5.74) is 2.06. The zero-order chi connectivity index (χ0) is 19.7. The van der Waals surface area contributed by atoms with Crippen LogP contribution in [0.1, 0.15) is 11.3 Å². The minimum absolute atomic E-state index is 0.210. The molecule has 5 nitrogen and oxygen atoms in total. The van der Waals surface area contributed by atoms with Gasteiger partial charge in [-0.05, 0) is 36.4 Å². The van der Waals surface area contributed by atoms with Gasteiger partial charge in [-0.15, -0.1) is 0 Å². The highest BCUT2D eigenvalue weighted by Crippen LogP contribution is 2.22. The van der Waals surface area contributed by atoms with Crippen molar-refractivity contribution < 1.29 is 18.0 Å². The van der Waals surface area contributed by atoms with Crippen LogP contribution < -0.4 is 5.32 Å². The molecule has 1 aliphatic rings. The van der Waals surface area contributed by atoms with Gasteiger partial charge in [-0.1, -0.05) is 0 Å². The molecule has 28 heavy (non-hydrogen) atoms. The predicted molar refractivity (Wildman–Crippen MR) is 96.9 cm³/mol. The standard InChI is InChI=1S/C20H15F3N4O/c21-14-3-1-12(2-4-14)19-24-10-13-11-27(8-7-17(13)25-19)20(28)26-18-9-15(22)5-6-16(18)23/h1-6,9-10H,7-8,11H2,(H,26,28). The second-order valence-corrected chi connectivity index (χ2v) is 6.40. The second-order valence-electron chi connectivity index (χ2n) is 6.40. The maximum atomic E-state index is 13.7. The Hall–Kier alpha value is -3.42. The molecule has 0 aliphatic carbocycles. The Morgan fingerprint density at radius 1 is 1.04 bits per heavy atom. The summed E-state index contributed by atoms with van der Waals surface area (Å²) in [5.74, 6) is -1.20. The average molecular weight is 384 g/mol. The maximum Gasteiger partial charge on any atom is 0.322 e. The summed E-state index contributed by atoms with van der Waals surface area (Å²) in [4.78, 5) is 22.7. The number of halogens is 3. The van der Waals surface area contributed by atoms with Crippen LogP contribution in [0.15, 0.2) is 48.7 Å². The number of urea groups is 1. The summed E-state index contributed by atoms with van der Waals surface area (Å²) in [6, 6.07) is 8.24. The summed E-state index contributed by atoms with van der Waals surface area (Å²) < 4.78 is 40.1. The van der Waals surface area contributed by atoms with Crippen LogP contribution in [-0.4, -0.2) is 27.4 Å². The maximum absolute atomic E-state index is 13.7. The van der Waals surface area contributed by atoms with Gasteiger partial charge in [0.25, 0.3) is 0 Å². The minimum atomic E-state index is -0.709. The number of hydrogen-bond donors (Lipinski definition) is 1. The van der Waals surface area contributed by atoms with Gasteiger partial charge >= 0.3 is 6.03 Å². The Morgan fingerprint density at radius 3 is 2.57 bits per heavy atom. The van der Waals surface area contributed by atoms with E-state index in [2.05, 4.69) is 15.3 Å². The van der Waals surface area contributed by atoms with Crippen LogP contribution in [0, 0.1) is 17.5 Å². The molecule has 0 bridgehead atoms. The summed E-state index contributed by atoms with van der Waals surface area (Å²) in [5, 5.41) is 2.39. The molecule has 1 aliphatic heterocycles. The van der Waals surface area contributed by atoms with E-state index >= 15 is 0 Å². The molecule has 4 rings (SSSR count). The van der Waals surface area contributed by atoms with Gasteiger partial charge in [0, 0.05) is 36.4 Å². The van der Waals surface area contributed by atoms with Crippen LogP contribution in [-0.2, 0) is 13.0 Å². The molecule has 1 N–H and O–H groups in total. The molecule has 8 heteroatoms. The lowest BCUT2D eigenvalue weighted by molar-refractivity contribution is 0.205. The Bertz CT molecular complexity index is 1040. The average Bonchev–Trinajstić information content (AvgIpc) is 2.70. The zero-order valence-electron chi connectivity index (χ0n) is 14.6. The van der Waals surface area contributed by atoms with Crippen molar-refractivity contribution in [3.63, 3.8) is 0 Å². The van der Waals surface area contributed by atoms with E-state index < -0.39 is 17.7 Å². The number of benzene rings is 2. The zero-order valence-corrected chi connectivity index (χ0v) is 14.6. The SMILES string of the molecule is O=C(Nc1cc(F)ccc1F)N1CCc2nc(-c3ccc(F)cc3)ncc2C1. The molecule has 2 heterocycles. The van der Waals surface area contributed by atoms with Gasteiger partial charge < -0.3 is 10.2 Å². The van der Waals surface area contributed by atoms with Gasteiger partial charge in [-0.2, -0.15) is 0 Å². The van der Waals surface area contributed by atoms with Crippen LogP contribution in [0.3, 0.4) is 0 Å². The van der Waals surface area contributed by atoms with Crippen LogP contribution >= 0.6 is 0 Å². The minimum Gasteiger partial charge on any atom is -0.320 e. The lowest BCUT2D eigenvalue weighted by Gasteiger charge is -2.28. The van der Waals surface area contributed by atoms with Crippen molar-refractivity contribution in [3.8, 4) is 11.4 Å². The third-order valence-electron chi connectivity index (χ3n) is 4.49. The van der Waals surface area contributed by atoms with Crippen molar-refractivity contribution in [2.45, 2.75) is 13.0 Å². The van der Waals surface area contributed by atoms with Gasteiger partial charge in [-0.25, -0.2) is 27.9 Å². The number of aromatic nitrogens is 2. The fraction of sp³-hybridized carbons (Fsp3) is 0.150. The van der Waals surface area contributed by atoms with Gasteiger partial charge in [-0.3, -0.25) is 0 Å². The first kappa shape index (κ1) is 18.0. The van der Waals surface area contributed by atoms with E-state index in [-0.39, 0.29) is 18.0 Å². The Morgan fingerprint density at radius 2 is 1.79 bits per heavy atom. The fourth-order valence-electron chi connectivity index (χ4n) is 3.02. The first-order valence-corrected chi connectivity index (χ1v) is 8.61. The second kappa shape index (κ2) is 7.30. The van der Waals surface area contributed by atoms with E-state index in [0.717, 1.165) is 29.5 Å². The summed E-state index contributed by atoms with van der Waals surface area (Å²) in [6.07, 6.45) is 2.12. The third-order valence-corrected chi connectivity index (χ3v) is 4.49. The number of rotatable bonds is 2. The van der Waals surface area contributed by atoms with Gasteiger partial charge in [0.15, 0.2) is 5.82 Å². The Kier molecular flexibility index (Phi) is 4.68. The van der Waals surface area contributed by atoms with E-state index in [0.29, 0.717) is 24.4 Å². The van der Waals surface area contributed by atoms with E-state index in [1.807, 2.05) is 0 Å². The number of nitrogens with zero attached hydrogens (tertiary/aromatic N) is 3. The summed E-state index contributed by atoms with van der Waals surface area (Å²) >= 11 is 0. The number of nitrogens with one attached hydrogen (secondary N) is 1. The monoisotopic (exact) mass is 384 g/mol. The molecule has 2 aromatic carbocycles. The molecule has 0 radical (unpaired) electrons. The molecule has 2 amide bonds. The van der Waals surface area contributed by atoms with E-state index in [1.54, 1.807) is 18.3 Å². The van der Waals surface area contributed by atoms with Crippen molar-refractivity contribution in [1.29, 1.82) is 0 Å². The quantitative estimate of drug-likeness (QED) is 0.722. The predicted octanol–water partition coefficient (Wildman–Crippen LogP) is 4.15. The van der Waals surface area contributed by atoms with Gasteiger partial charge in [0.2, 0.25) is 0 Å². The van der Waals surface area contributed by atoms with Crippen LogP contribution in [0.5, 0.6) is 0 Å². The largest absolute Gasteiger partial charge is 0.322 e. The van der Waals surface area contributed by atoms with Crippen LogP contribution in [0.4, 0.5) is 23.7 Å².